The van der Waals surface area contributed by atoms with E-state index in [0.29, 0.717) is 11.1 Å². The number of benzene rings is 1. The maximum absolute atomic E-state index is 5.87. The number of hydrogen-bond donors (Lipinski definition) is 1. The number of nitrogens with one attached hydrogen (secondary N) is 1. The van der Waals surface area contributed by atoms with Gasteiger partial charge in [-0.2, -0.15) is 0 Å². The first-order chi connectivity index (χ1) is 14.2. The van der Waals surface area contributed by atoms with Gasteiger partial charge in [0.25, 0.3) is 0 Å². The molecule has 5 nitrogen and oxygen atoms in total. The molecule has 0 saturated carbocycles. The minimum Gasteiger partial charge on any atom is -0.372 e. The van der Waals surface area contributed by atoms with Gasteiger partial charge in [0.05, 0.1) is 5.69 Å². The number of rotatable bonds is 5. The first-order valence-electron chi connectivity index (χ1n) is 10.3. The Labute approximate surface area is 177 Å². The molecule has 1 aliphatic rings. The van der Waals surface area contributed by atoms with Crippen molar-refractivity contribution < 1.29 is 0 Å². The molecule has 3 aromatic rings. The third kappa shape index (κ3) is 5.04. The first-order valence-corrected chi connectivity index (χ1v) is 10.7. The van der Waals surface area contributed by atoms with Gasteiger partial charge in [-0.15, -0.1) is 0 Å². The van der Waals surface area contributed by atoms with Crippen LogP contribution in [0.25, 0.3) is 11.3 Å². The van der Waals surface area contributed by atoms with E-state index in [1.54, 1.807) is 18.5 Å². The van der Waals surface area contributed by atoms with Gasteiger partial charge in [-0.25, -0.2) is 15.0 Å². The number of pyridine rings is 1. The number of nitrogens with zero attached hydrogens (tertiary/aromatic N) is 4. The van der Waals surface area contributed by atoms with Crippen molar-refractivity contribution in [2.75, 3.05) is 23.3 Å². The molecule has 0 bridgehead atoms. The molecule has 1 N–H and O–H groups in total. The van der Waals surface area contributed by atoms with E-state index in [4.69, 9.17) is 11.6 Å². The Morgan fingerprint density at radius 1 is 1.03 bits per heavy atom. The molecule has 0 amide bonds. The van der Waals surface area contributed by atoms with Gasteiger partial charge in [0.15, 0.2) is 0 Å². The van der Waals surface area contributed by atoms with Crippen LogP contribution < -0.4 is 10.2 Å². The number of halogens is 1. The summed E-state index contributed by atoms with van der Waals surface area (Å²) in [5.74, 6) is 1.44. The van der Waals surface area contributed by atoms with E-state index >= 15 is 0 Å². The lowest BCUT2D eigenvalue weighted by atomic mass is 9.98. The predicted molar refractivity (Wildman–Crippen MR) is 120 cm³/mol. The minimum atomic E-state index is 0.468. The van der Waals surface area contributed by atoms with Crippen molar-refractivity contribution in [1.82, 2.24) is 15.0 Å². The highest BCUT2D eigenvalue weighted by Gasteiger charge is 2.16. The second-order valence-corrected chi connectivity index (χ2v) is 7.89. The van der Waals surface area contributed by atoms with Crippen LogP contribution in [0.5, 0.6) is 0 Å². The quantitative estimate of drug-likeness (QED) is 0.529. The Balaban J connectivity index is 1.44. The molecule has 150 valence electrons. The van der Waals surface area contributed by atoms with E-state index < -0.39 is 0 Å². The SMILES string of the molecule is CCC1CCCN(c2ccc(Nc3nccc(-c4ccc(Cl)nc4)n3)cc2)CC1. The molecule has 6 heteroatoms. The molecule has 0 aliphatic carbocycles. The number of aromatic nitrogens is 3. The van der Waals surface area contributed by atoms with Gasteiger partial charge in [-0.3, -0.25) is 0 Å². The Bertz CT molecular complexity index is 927. The van der Waals surface area contributed by atoms with Crippen LogP contribution in [0.1, 0.15) is 32.6 Å². The minimum absolute atomic E-state index is 0.468. The zero-order valence-electron chi connectivity index (χ0n) is 16.7. The van der Waals surface area contributed by atoms with E-state index in [9.17, 15) is 0 Å². The van der Waals surface area contributed by atoms with E-state index in [1.807, 2.05) is 12.1 Å². The van der Waals surface area contributed by atoms with Crippen LogP contribution in [-0.4, -0.2) is 28.0 Å². The second kappa shape index (κ2) is 9.23. The topological polar surface area (TPSA) is 53.9 Å². The van der Waals surface area contributed by atoms with Crippen molar-refractivity contribution in [3.8, 4) is 11.3 Å². The van der Waals surface area contributed by atoms with Crippen LogP contribution >= 0.6 is 11.6 Å². The molecule has 1 atom stereocenters. The smallest absolute Gasteiger partial charge is 0.227 e. The highest BCUT2D eigenvalue weighted by atomic mass is 35.5. The monoisotopic (exact) mass is 407 g/mol. The van der Waals surface area contributed by atoms with Gasteiger partial charge in [0.2, 0.25) is 5.95 Å². The zero-order valence-corrected chi connectivity index (χ0v) is 17.4. The normalized spacial score (nSPS) is 17.0. The molecule has 4 rings (SSSR count). The maximum Gasteiger partial charge on any atom is 0.227 e. The summed E-state index contributed by atoms with van der Waals surface area (Å²) in [6.07, 6.45) is 8.67. The molecule has 1 unspecified atom stereocenters. The predicted octanol–water partition coefficient (Wildman–Crippen LogP) is 5.95. The third-order valence-electron chi connectivity index (χ3n) is 5.59. The lowest BCUT2D eigenvalue weighted by Gasteiger charge is -2.23. The maximum atomic E-state index is 5.87. The van der Waals surface area contributed by atoms with Crippen molar-refractivity contribution in [2.24, 2.45) is 5.92 Å². The van der Waals surface area contributed by atoms with Gasteiger partial charge in [0, 0.05) is 42.4 Å². The average molecular weight is 408 g/mol. The number of hydrogen-bond acceptors (Lipinski definition) is 5. The molecule has 0 spiro atoms. The molecule has 1 aromatic carbocycles. The van der Waals surface area contributed by atoms with Crippen LogP contribution in [0, 0.1) is 5.92 Å². The van der Waals surface area contributed by atoms with Crippen LogP contribution in [0.3, 0.4) is 0 Å². The van der Waals surface area contributed by atoms with Crippen LogP contribution in [0.2, 0.25) is 5.15 Å². The van der Waals surface area contributed by atoms with Crippen LogP contribution in [0.4, 0.5) is 17.3 Å². The van der Waals surface area contributed by atoms with Crippen molar-refractivity contribution >= 4 is 28.9 Å². The Kier molecular flexibility index (Phi) is 6.25. The van der Waals surface area contributed by atoms with E-state index in [2.05, 4.69) is 56.4 Å². The number of anilines is 3. The van der Waals surface area contributed by atoms with E-state index in [0.717, 1.165) is 36.0 Å². The van der Waals surface area contributed by atoms with Gasteiger partial charge >= 0.3 is 0 Å². The molecule has 29 heavy (non-hydrogen) atoms. The van der Waals surface area contributed by atoms with Crippen molar-refractivity contribution in [3.63, 3.8) is 0 Å². The standard InChI is InChI=1S/C23H26ClN5/c1-2-17-4-3-14-29(15-12-17)20-8-6-19(7-9-20)27-23-25-13-11-21(28-23)18-5-10-22(24)26-16-18/h5-11,13,16-17H,2-4,12,14-15H2,1H3,(H,25,27,28). The molecule has 1 aliphatic heterocycles. The molecular weight excluding hydrogens is 382 g/mol. The van der Waals surface area contributed by atoms with Gasteiger partial charge in [0.1, 0.15) is 5.15 Å². The van der Waals surface area contributed by atoms with E-state index in [1.165, 1.54) is 31.4 Å². The highest BCUT2D eigenvalue weighted by Crippen LogP contribution is 2.26. The summed E-state index contributed by atoms with van der Waals surface area (Å²) in [5, 5.41) is 3.77. The molecule has 1 fully saturated rings. The van der Waals surface area contributed by atoms with Gasteiger partial charge in [-0.05, 0) is 67.6 Å². The summed E-state index contributed by atoms with van der Waals surface area (Å²) in [4.78, 5) is 15.6. The summed E-state index contributed by atoms with van der Waals surface area (Å²) in [5.41, 5.74) is 3.97. The summed E-state index contributed by atoms with van der Waals surface area (Å²) < 4.78 is 0. The zero-order chi connectivity index (χ0) is 20.1. The molecule has 0 radical (unpaired) electrons. The van der Waals surface area contributed by atoms with Crippen molar-refractivity contribution in [2.45, 2.75) is 32.6 Å². The van der Waals surface area contributed by atoms with E-state index in [-0.39, 0.29) is 0 Å². The largest absolute Gasteiger partial charge is 0.372 e. The third-order valence-corrected chi connectivity index (χ3v) is 5.82. The average Bonchev–Trinajstić information content (AvgIpc) is 3.01. The lowest BCUT2D eigenvalue weighted by Crippen LogP contribution is -2.24. The Morgan fingerprint density at radius 2 is 1.90 bits per heavy atom. The fraction of sp³-hybridized carbons (Fsp3) is 0.348. The van der Waals surface area contributed by atoms with Crippen molar-refractivity contribution in [1.29, 1.82) is 0 Å². The van der Waals surface area contributed by atoms with Gasteiger partial charge < -0.3 is 10.2 Å². The fourth-order valence-corrected chi connectivity index (χ4v) is 3.94. The molecule has 2 aromatic heterocycles. The lowest BCUT2D eigenvalue weighted by molar-refractivity contribution is 0.459. The molecule has 3 heterocycles. The van der Waals surface area contributed by atoms with Crippen molar-refractivity contribution in [3.05, 3.63) is 60.0 Å². The van der Waals surface area contributed by atoms with Gasteiger partial charge in [-0.1, -0.05) is 24.9 Å². The summed E-state index contributed by atoms with van der Waals surface area (Å²) in [6, 6.07) is 14.1. The molecular formula is C23H26ClN5. The van der Waals surface area contributed by atoms with Crippen LogP contribution in [-0.2, 0) is 0 Å². The van der Waals surface area contributed by atoms with Crippen LogP contribution in [0.15, 0.2) is 54.9 Å². The summed E-state index contributed by atoms with van der Waals surface area (Å²) in [7, 11) is 0. The molecule has 1 saturated heterocycles. The first kappa shape index (κ1) is 19.6. The Morgan fingerprint density at radius 3 is 2.66 bits per heavy atom. The summed E-state index contributed by atoms with van der Waals surface area (Å²) >= 11 is 5.87. The highest BCUT2D eigenvalue weighted by molar-refractivity contribution is 6.29. The second-order valence-electron chi connectivity index (χ2n) is 7.50. The Hall–Kier alpha value is -2.66. The summed E-state index contributed by atoms with van der Waals surface area (Å²) in [6.45, 7) is 4.59. The fourth-order valence-electron chi connectivity index (χ4n) is 3.82.